The average molecular weight is 553 g/mol. The van der Waals surface area contributed by atoms with Crippen molar-refractivity contribution in [3.05, 3.63) is 16.8 Å². The van der Waals surface area contributed by atoms with E-state index in [2.05, 4.69) is 29.0 Å². The highest BCUT2D eigenvalue weighted by molar-refractivity contribution is 7.66. The maximum atomic E-state index is 12.7. The van der Waals surface area contributed by atoms with Crippen molar-refractivity contribution in [2.24, 2.45) is 5.73 Å². The molecule has 22 heteroatoms. The van der Waals surface area contributed by atoms with Crippen molar-refractivity contribution in [2.45, 2.75) is 37.0 Å². The fourth-order valence-electron chi connectivity index (χ4n) is 2.82. The smallest absolute Gasteiger partial charge is 0.387 e. The molecule has 7 atom stereocenters. The lowest BCUT2D eigenvalue weighted by molar-refractivity contribution is -0.0757. The number of phosphoric ester groups is 1. The molecule has 0 saturated carbocycles. The molecule has 0 aliphatic carbocycles. The monoisotopic (exact) mass is 553 g/mol. The van der Waals surface area contributed by atoms with Gasteiger partial charge in [-0.25, -0.2) is 27.9 Å². The number of hydrogen-bond acceptors (Lipinski definition) is 13. The van der Waals surface area contributed by atoms with Crippen LogP contribution in [0.1, 0.15) is 13.2 Å². The first-order valence-corrected chi connectivity index (χ1v) is 13.1. The highest BCUT2D eigenvalue weighted by Gasteiger charge is 2.57. The van der Waals surface area contributed by atoms with Gasteiger partial charge in [-0.2, -0.15) is 13.6 Å². The lowest BCUT2D eigenvalue weighted by Gasteiger charge is -2.28. The van der Waals surface area contributed by atoms with Gasteiger partial charge in [0.25, 0.3) is 0 Å². The zero-order valence-corrected chi connectivity index (χ0v) is 19.5. The zero-order valence-electron chi connectivity index (χ0n) is 16.8. The lowest BCUT2D eigenvalue weighted by atomic mass is 9.90. The number of rotatable bonds is 8. The molecule has 0 aromatic carbocycles. The Morgan fingerprint density at radius 2 is 1.91 bits per heavy atom. The van der Waals surface area contributed by atoms with Gasteiger partial charge in [0.2, 0.25) is 5.95 Å². The molecule has 9 N–H and O–H groups in total. The molecule has 1 aliphatic rings. The summed E-state index contributed by atoms with van der Waals surface area (Å²) in [6, 6.07) is 0. The van der Waals surface area contributed by atoms with Crippen LogP contribution in [0.15, 0.2) is 11.1 Å². The van der Waals surface area contributed by atoms with Gasteiger partial charge in [0.15, 0.2) is 11.8 Å². The molecule has 1 fully saturated rings. The molecule has 3 unspecified atom stereocenters. The maximum absolute atomic E-state index is 12.7. The number of hydrogen-bond donors (Lipinski definition) is 7. The third-order valence-corrected chi connectivity index (χ3v) is 7.97. The average Bonchev–Trinajstić information content (AvgIpc) is 2.88. The summed E-state index contributed by atoms with van der Waals surface area (Å²) < 4.78 is 64.8. The number of phosphoric acid groups is 3. The van der Waals surface area contributed by atoms with Crippen LogP contribution in [0.25, 0.3) is 0 Å². The standard InChI is InChI=1S/C12H19FN5O13P3/c1-6(29-33(24,25)31-34(26,27)30-32(21,22)23)7-8(19)12(15,3-2-4-13)9(28-7)18-5-16-10(14)17-11(18)20/h5-9,19H,4,15H2,1H3,(H,24,25)(H,26,27)(H2,14,17,20)(H2,21,22,23)/t6-,7+,8-,9+,12?/m0/s1. The van der Waals surface area contributed by atoms with Gasteiger partial charge in [0, 0.05) is 0 Å². The van der Waals surface area contributed by atoms with E-state index >= 15 is 0 Å². The molecule has 0 radical (unpaired) electrons. The number of ether oxygens (including phenoxy) is 1. The Kier molecular flexibility index (Phi) is 8.56. The van der Waals surface area contributed by atoms with Crippen LogP contribution in [0.2, 0.25) is 0 Å². The first-order chi connectivity index (χ1) is 15.4. The number of aliphatic hydroxyl groups is 1. The van der Waals surface area contributed by atoms with E-state index in [1.807, 2.05) is 5.92 Å². The van der Waals surface area contributed by atoms with Crippen molar-refractivity contribution in [1.29, 1.82) is 0 Å². The number of alkyl halides is 1. The second-order valence-corrected chi connectivity index (χ2v) is 10.9. The quantitative estimate of drug-likeness (QED) is 0.134. The van der Waals surface area contributed by atoms with Gasteiger partial charge in [-0.05, 0) is 6.92 Å². The molecule has 1 aromatic heterocycles. The number of nitrogen functional groups attached to an aromatic ring is 1. The SMILES string of the molecule is C[C@H](OP(=O)(O)OP(=O)(O)OP(=O)(O)O)[C@H]1O[C@@H](n2cnc(N)nc2=O)C(N)(C#CCF)[C@H]1O. The summed E-state index contributed by atoms with van der Waals surface area (Å²) in [7, 11) is -17.1. The van der Waals surface area contributed by atoms with E-state index in [1.165, 1.54) is 0 Å². The minimum atomic E-state index is -5.82. The molecular formula is C12H19FN5O13P3. The van der Waals surface area contributed by atoms with Crippen LogP contribution >= 0.6 is 23.5 Å². The summed E-state index contributed by atoms with van der Waals surface area (Å²) in [5.74, 6) is 3.72. The normalized spacial score (nSPS) is 29.5. The minimum absolute atomic E-state index is 0.421. The van der Waals surface area contributed by atoms with Crippen LogP contribution in [0.5, 0.6) is 0 Å². The molecule has 0 spiro atoms. The van der Waals surface area contributed by atoms with Crippen LogP contribution in [0, 0.1) is 11.8 Å². The number of anilines is 1. The summed E-state index contributed by atoms with van der Waals surface area (Å²) in [6.07, 6.45) is -6.31. The fraction of sp³-hybridized carbons (Fsp3) is 0.583. The molecule has 18 nitrogen and oxygen atoms in total. The topological polar surface area (TPSA) is 289 Å². The molecule has 1 aromatic rings. The Balaban J connectivity index is 2.34. The van der Waals surface area contributed by atoms with E-state index in [0.29, 0.717) is 4.57 Å². The maximum Gasteiger partial charge on any atom is 0.490 e. The number of aromatic nitrogens is 3. The van der Waals surface area contributed by atoms with Crippen molar-refractivity contribution in [3.63, 3.8) is 0 Å². The summed E-state index contributed by atoms with van der Waals surface area (Å²) in [6.45, 7) is -0.229. The van der Waals surface area contributed by atoms with E-state index < -0.39 is 71.9 Å². The third kappa shape index (κ3) is 6.97. The highest BCUT2D eigenvalue weighted by Crippen LogP contribution is 2.66. The second kappa shape index (κ2) is 10.2. The minimum Gasteiger partial charge on any atom is -0.387 e. The Morgan fingerprint density at radius 1 is 1.29 bits per heavy atom. The summed E-state index contributed by atoms with van der Waals surface area (Å²) >= 11 is 0. The van der Waals surface area contributed by atoms with Crippen molar-refractivity contribution in [2.75, 3.05) is 12.4 Å². The predicted molar refractivity (Wildman–Crippen MR) is 106 cm³/mol. The van der Waals surface area contributed by atoms with Crippen molar-refractivity contribution in [1.82, 2.24) is 14.5 Å². The third-order valence-electron chi connectivity index (χ3n) is 4.04. The van der Waals surface area contributed by atoms with Gasteiger partial charge in [-0.3, -0.25) is 9.09 Å². The Bertz CT molecular complexity index is 1180. The number of nitrogens with two attached hydrogens (primary N) is 2. The van der Waals surface area contributed by atoms with Gasteiger partial charge in [0.1, 0.15) is 25.2 Å². The molecule has 192 valence electrons. The molecule has 2 rings (SSSR count). The van der Waals surface area contributed by atoms with Gasteiger partial charge < -0.3 is 40.9 Å². The largest absolute Gasteiger partial charge is 0.490 e. The van der Waals surface area contributed by atoms with E-state index in [0.717, 1.165) is 13.3 Å². The van der Waals surface area contributed by atoms with Crippen LogP contribution in [-0.4, -0.2) is 69.7 Å². The van der Waals surface area contributed by atoms with Gasteiger partial charge >= 0.3 is 29.2 Å². The molecule has 34 heavy (non-hydrogen) atoms. The first kappa shape index (κ1) is 28.6. The fourth-order valence-corrected chi connectivity index (χ4v) is 6.02. The van der Waals surface area contributed by atoms with Crippen molar-refractivity contribution < 1.29 is 60.6 Å². The number of halogens is 1. The second-order valence-electron chi connectivity index (χ2n) is 6.57. The van der Waals surface area contributed by atoms with Crippen LogP contribution in [0.3, 0.4) is 0 Å². The van der Waals surface area contributed by atoms with Crippen molar-refractivity contribution in [3.8, 4) is 11.8 Å². The van der Waals surface area contributed by atoms with Gasteiger partial charge in [0.05, 0.1) is 6.10 Å². The Labute approximate surface area is 189 Å². The Morgan fingerprint density at radius 3 is 2.44 bits per heavy atom. The van der Waals surface area contributed by atoms with Crippen LogP contribution < -0.4 is 17.2 Å². The van der Waals surface area contributed by atoms with Gasteiger partial charge in [-0.15, -0.1) is 0 Å². The molecule has 1 saturated heterocycles. The van der Waals surface area contributed by atoms with Gasteiger partial charge in [-0.1, -0.05) is 11.8 Å². The zero-order chi connectivity index (χ0) is 26.1. The summed E-state index contributed by atoms with van der Waals surface area (Å²) in [4.78, 5) is 55.2. The van der Waals surface area contributed by atoms with E-state index in [-0.39, 0.29) is 0 Å². The summed E-state index contributed by atoms with van der Waals surface area (Å²) in [5, 5.41) is 10.7. The van der Waals surface area contributed by atoms with E-state index in [1.54, 1.807) is 0 Å². The van der Waals surface area contributed by atoms with E-state index in [4.69, 9.17) is 26.0 Å². The number of aliphatic hydroxyl groups excluding tert-OH is 1. The molecule has 0 amide bonds. The molecular weight excluding hydrogens is 534 g/mol. The molecule has 0 bridgehead atoms. The van der Waals surface area contributed by atoms with E-state index in [9.17, 15) is 37.8 Å². The van der Waals surface area contributed by atoms with Crippen LogP contribution in [0.4, 0.5) is 10.3 Å². The van der Waals surface area contributed by atoms with Crippen molar-refractivity contribution >= 4 is 29.4 Å². The molecule has 2 heterocycles. The molecule has 1 aliphatic heterocycles. The Hall–Kier alpha value is -1.61. The highest BCUT2D eigenvalue weighted by atomic mass is 31.3. The summed E-state index contributed by atoms with van der Waals surface area (Å²) in [5.41, 5.74) is 8.06. The predicted octanol–water partition coefficient (Wildman–Crippen LogP) is -2.12. The first-order valence-electron chi connectivity index (χ1n) is 8.62. The lowest BCUT2D eigenvalue weighted by Crippen LogP contribution is -2.55. The van der Waals surface area contributed by atoms with Crippen LogP contribution in [-0.2, 0) is 31.6 Å². The number of nitrogens with zero attached hydrogens (tertiary/aromatic N) is 3.